The van der Waals surface area contributed by atoms with Gasteiger partial charge in [0.05, 0.1) is 0 Å². The summed E-state index contributed by atoms with van der Waals surface area (Å²) >= 11 is 0. The van der Waals surface area contributed by atoms with Gasteiger partial charge in [-0.05, 0) is 48.6 Å². The first kappa shape index (κ1) is 32.3. The van der Waals surface area contributed by atoms with Crippen LogP contribution in [-0.2, 0) is 36.6 Å². The van der Waals surface area contributed by atoms with Crippen molar-refractivity contribution in [3.05, 3.63) is 65.9 Å². The molecule has 1 aromatic heterocycles. The number of carboxylic acids is 1. The summed E-state index contributed by atoms with van der Waals surface area (Å²) < 4.78 is 15.6. The van der Waals surface area contributed by atoms with Crippen LogP contribution in [0.1, 0.15) is 37.3 Å². The molecule has 0 saturated carbocycles. The SMILES string of the molecule is CC(=O)N[C@@H](Cc1ccc(OP(=O)(O)O)cc1)C(=O)N[C@@H](CCC(=O)O)C(=O)N(C)CCCc1c[nH]c2ccccc12. The molecule has 0 bridgehead atoms. The summed E-state index contributed by atoms with van der Waals surface area (Å²) in [7, 11) is -3.16. The number of nitrogens with zero attached hydrogens (tertiary/aromatic N) is 1. The summed E-state index contributed by atoms with van der Waals surface area (Å²) in [5.74, 6) is -2.85. The number of phosphoric acid groups is 1. The smallest absolute Gasteiger partial charge is 0.481 e. The van der Waals surface area contributed by atoms with E-state index in [0.717, 1.165) is 16.5 Å². The van der Waals surface area contributed by atoms with Crippen LogP contribution in [0.15, 0.2) is 54.7 Å². The van der Waals surface area contributed by atoms with Gasteiger partial charge in [-0.3, -0.25) is 29.0 Å². The lowest BCUT2D eigenvalue weighted by Crippen LogP contribution is -2.54. The second kappa shape index (κ2) is 14.6. The molecule has 226 valence electrons. The van der Waals surface area contributed by atoms with Crippen molar-refractivity contribution in [1.29, 1.82) is 0 Å². The van der Waals surface area contributed by atoms with Crippen molar-refractivity contribution in [2.75, 3.05) is 13.6 Å². The summed E-state index contributed by atoms with van der Waals surface area (Å²) in [5.41, 5.74) is 2.67. The zero-order valence-corrected chi connectivity index (χ0v) is 24.2. The van der Waals surface area contributed by atoms with E-state index in [4.69, 9.17) is 9.79 Å². The van der Waals surface area contributed by atoms with Gasteiger partial charge in [-0.25, -0.2) is 4.57 Å². The summed E-state index contributed by atoms with van der Waals surface area (Å²) in [5, 5.41) is 15.5. The van der Waals surface area contributed by atoms with E-state index in [2.05, 4.69) is 20.1 Å². The van der Waals surface area contributed by atoms with Crippen LogP contribution in [0, 0.1) is 0 Å². The Morgan fingerprint density at radius 1 is 1.02 bits per heavy atom. The Morgan fingerprint density at radius 3 is 2.36 bits per heavy atom. The molecule has 3 amide bonds. The summed E-state index contributed by atoms with van der Waals surface area (Å²) in [4.78, 5) is 72.2. The molecule has 3 rings (SSSR count). The van der Waals surface area contributed by atoms with Crippen LogP contribution in [0.3, 0.4) is 0 Å². The van der Waals surface area contributed by atoms with Crippen molar-refractivity contribution in [2.24, 2.45) is 0 Å². The Morgan fingerprint density at radius 2 is 1.71 bits per heavy atom. The molecule has 0 aliphatic rings. The molecule has 0 aliphatic carbocycles. The second-order valence-electron chi connectivity index (χ2n) is 9.90. The van der Waals surface area contributed by atoms with Gasteiger partial charge in [0.1, 0.15) is 17.8 Å². The van der Waals surface area contributed by atoms with Crippen LogP contribution >= 0.6 is 7.82 Å². The fourth-order valence-corrected chi connectivity index (χ4v) is 4.93. The highest BCUT2D eigenvalue weighted by Crippen LogP contribution is 2.37. The highest BCUT2D eigenvalue weighted by Gasteiger charge is 2.29. The van der Waals surface area contributed by atoms with Crippen molar-refractivity contribution < 1.29 is 43.2 Å². The van der Waals surface area contributed by atoms with E-state index < -0.39 is 43.6 Å². The van der Waals surface area contributed by atoms with Gasteiger partial charge in [-0.1, -0.05) is 30.3 Å². The summed E-state index contributed by atoms with van der Waals surface area (Å²) in [6.07, 6.45) is 2.76. The number of phosphoric ester groups is 1. The Kier molecular flexibility index (Phi) is 11.3. The Labute approximate surface area is 242 Å². The van der Waals surface area contributed by atoms with E-state index in [9.17, 15) is 28.8 Å². The number of nitrogens with one attached hydrogen (secondary N) is 3. The lowest BCUT2D eigenvalue weighted by molar-refractivity contribution is -0.139. The number of aromatic amines is 1. The first-order valence-corrected chi connectivity index (χ1v) is 14.8. The van der Waals surface area contributed by atoms with Crippen LogP contribution in [0.4, 0.5) is 0 Å². The van der Waals surface area contributed by atoms with Gasteiger partial charge in [0.15, 0.2) is 0 Å². The fourth-order valence-electron chi connectivity index (χ4n) is 4.53. The molecule has 42 heavy (non-hydrogen) atoms. The van der Waals surface area contributed by atoms with Crippen molar-refractivity contribution in [1.82, 2.24) is 20.5 Å². The summed E-state index contributed by atoms with van der Waals surface area (Å²) in [6, 6.07) is 11.2. The molecule has 0 fully saturated rings. The maximum Gasteiger partial charge on any atom is 0.524 e. The number of carboxylic acid groups (broad SMARTS) is 1. The van der Waals surface area contributed by atoms with Gasteiger partial charge in [0.25, 0.3) is 0 Å². The molecule has 0 saturated heterocycles. The van der Waals surface area contributed by atoms with Crippen LogP contribution < -0.4 is 15.2 Å². The minimum absolute atomic E-state index is 0.0120. The molecular formula is C28H35N4O9P. The molecule has 0 spiro atoms. The van der Waals surface area contributed by atoms with Crippen LogP contribution in [0.5, 0.6) is 5.75 Å². The monoisotopic (exact) mass is 602 g/mol. The first-order chi connectivity index (χ1) is 19.8. The number of H-pyrrole nitrogens is 1. The molecule has 2 aromatic carbocycles. The van der Waals surface area contributed by atoms with Gasteiger partial charge >= 0.3 is 13.8 Å². The predicted octanol–water partition coefficient (Wildman–Crippen LogP) is 2.13. The zero-order valence-electron chi connectivity index (χ0n) is 23.3. The predicted molar refractivity (Wildman–Crippen MR) is 153 cm³/mol. The number of hydrogen-bond donors (Lipinski definition) is 6. The van der Waals surface area contributed by atoms with Crippen molar-refractivity contribution in [2.45, 2.75) is 51.1 Å². The van der Waals surface area contributed by atoms with Gasteiger partial charge in [0, 0.05) is 50.5 Å². The maximum atomic E-state index is 13.3. The number of benzene rings is 2. The number of likely N-dealkylation sites (N-methyl/N-ethyl adjacent to an activating group) is 1. The van der Waals surface area contributed by atoms with Crippen LogP contribution in [0.2, 0.25) is 0 Å². The average Bonchev–Trinajstić information content (AvgIpc) is 3.33. The molecule has 14 heteroatoms. The molecule has 1 heterocycles. The second-order valence-corrected chi connectivity index (χ2v) is 11.1. The van der Waals surface area contributed by atoms with Crippen molar-refractivity contribution in [3.63, 3.8) is 0 Å². The normalized spacial score (nSPS) is 12.8. The van der Waals surface area contributed by atoms with Gasteiger partial charge < -0.3 is 30.1 Å². The molecule has 0 aliphatic heterocycles. The third-order valence-corrected chi connectivity index (χ3v) is 6.98. The number of amides is 3. The van der Waals surface area contributed by atoms with Crippen LogP contribution in [0.25, 0.3) is 10.9 Å². The molecule has 13 nitrogen and oxygen atoms in total. The number of aromatic nitrogens is 1. The number of para-hydroxylation sites is 1. The van der Waals surface area contributed by atoms with E-state index in [1.54, 1.807) is 7.05 Å². The van der Waals surface area contributed by atoms with Gasteiger partial charge in [0.2, 0.25) is 17.7 Å². The van der Waals surface area contributed by atoms with E-state index in [0.29, 0.717) is 24.9 Å². The average molecular weight is 603 g/mol. The lowest BCUT2D eigenvalue weighted by Gasteiger charge is -2.26. The van der Waals surface area contributed by atoms with E-state index in [-0.39, 0.29) is 25.0 Å². The summed E-state index contributed by atoms with van der Waals surface area (Å²) in [6.45, 7) is 1.60. The minimum atomic E-state index is -4.74. The molecular weight excluding hydrogens is 567 g/mol. The largest absolute Gasteiger partial charge is 0.524 e. The number of carbonyl (C=O) groups is 4. The van der Waals surface area contributed by atoms with E-state index in [1.165, 1.54) is 36.1 Å². The van der Waals surface area contributed by atoms with Crippen LogP contribution in [-0.4, -0.2) is 74.1 Å². The van der Waals surface area contributed by atoms with Crippen molar-refractivity contribution in [3.8, 4) is 5.75 Å². The zero-order chi connectivity index (χ0) is 30.9. The fraction of sp³-hybridized carbons (Fsp3) is 0.357. The number of aryl methyl sites for hydroxylation is 1. The third-order valence-electron chi connectivity index (χ3n) is 6.53. The maximum absolute atomic E-state index is 13.3. The molecule has 0 radical (unpaired) electrons. The highest BCUT2D eigenvalue weighted by molar-refractivity contribution is 7.46. The Bertz CT molecular complexity index is 1450. The molecule has 3 aromatic rings. The van der Waals surface area contributed by atoms with Gasteiger partial charge in [-0.2, -0.15) is 0 Å². The number of carbonyl (C=O) groups excluding carboxylic acids is 3. The Hall–Kier alpha value is -4.19. The third kappa shape index (κ3) is 10.0. The topological polar surface area (TPSA) is 198 Å². The number of aliphatic carboxylic acids is 1. The molecule has 6 N–H and O–H groups in total. The minimum Gasteiger partial charge on any atom is -0.481 e. The van der Waals surface area contributed by atoms with Gasteiger partial charge in [-0.15, -0.1) is 0 Å². The van der Waals surface area contributed by atoms with E-state index >= 15 is 0 Å². The first-order valence-electron chi connectivity index (χ1n) is 13.3. The number of rotatable bonds is 15. The number of hydrogen-bond acceptors (Lipinski definition) is 6. The quantitative estimate of drug-likeness (QED) is 0.141. The Balaban J connectivity index is 1.66. The van der Waals surface area contributed by atoms with Crippen molar-refractivity contribution >= 4 is 42.4 Å². The standard InChI is InChI=1S/C28H35N4O9P/c1-18(33)30-25(16-19-9-11-21(12-10-19)41-42(38,39)40)27(36)31-24(13-14-26(34)35)28(37)32(2)15-5-6-20-17-29-23-8-4-3-7-22(20)23/h3-4,7-12,17,24-25,29H,5-6,13-16H2,1-2H3,(H,30,33)(H,31,36)(H,34,35)(H2,38,39,40)/t24-,25-/m0/s1. The molecule has 2 atom stereocenters. The number of fused-ring (bicyclic) bond motifs is 1. The van der Waals surface area contributed by atoms with E-state index in [1.807, 2.05) is 30.5 Å². The highest BCUT2D eigenvalue weighted by atomic mass is 31.2. The molecule has 0 unspecified atom stereocenters. The lowest BCUT2D eigenvalue weighted by atomic mass is 10.0.